The summed E-state index contributed by atoms with van der Waals surface area (Å²) in [6, 6.07) is -0.614. The van der Waals surface area contributed by atoms with Crippen molar-refractivity contribution in [1.82, 2.24) is 10.6 Å². The number of urea groups is 1. The lowest BCUT2D eigenvalue weighted by Crippen LogP contribution is -2.50. The quantitative estimate of drug-likeness (QED) is 0.565. The minimum Gasteiger partial charge on any atom is -0.481 e. The molecule has 0 heterocycles. The van der Waals surface area contributed by atoms with Gasteiger partial charge in [0.25, 0.3) is 0 Å². The maximum atomic E-state index is 11.2. The van der Waals surface area contributed by atoms with Gasteiger partial charge in [-0.3, -0.25) is 9.59 Å². The van der Waals surface area contributed by atoms with Crippen LogP contribution in [-0.2, 0) is 14.3 Å². The van der Waals surface area contributed by atoms with E-state index < -0.39 is 23.5 Å². The van der Waals surface area contributed by atoms with Gasteiger partial charge in [0.05, 0.1) is 13.5 Å². The van der Waals surface area contributed by atoms with E-state index >= 15 is 0 Å². The molecule has 2 amide bonds. The third-order valence-corrected chi connectivity index (χ3v) is 1.67. The number of carbonyl (C=O) groups excluding carboxylic acids is 2. The Morgan fingerprint density at radius 3 is 2.31 bits per heavy atom. The number of carbonyl (C=O) groups is 3. The van der Waals surface area contributed by atoms with Gasteiger partial charge in [0.1, 0.15) is 6.54 Å². The number of methoxy groups -OCH3 is 1. The number of carboxylic acid groups (broad SMARTS) is 1. The van der Waals surface area contributed by atoms with Gasteiger partial charge in [-0.25, -0.2) is 4.79 Å². The van der Waals surface area contributed by atoms with E-state index in [4.69, 9.17) is 5.11 Å². The highest BCUT2D eigenvalue weighted by Crippen LogP contribution is 2.07. The summed E-state index contributed by atoms with van der Waals surface area (Å²) in [7, 11) is 1.20. The third-order valence-electron chi connectivity index (χ3n) is 1.67. The summed E-state index contributed by atoms with van der Waals surface area (Å²) in [5.41, 5.74) is -0.883. The van der Waals surface area contributed by atoms with Crippen molar-refractivity contribution in [3.8, 4) is 0 Å². The maximum Gasteiger partial charge on any atom is 0.325 e. The molecule has 0 aromatic carbocycles. The van der Waals surface area contributed by atoms with Crippen molar-refractivity contribution in [3.05, 3.63) is 0 Å². The number of nitrogens with one attached hydrogen (secondary N) is 2. The molecule has 0 atom stereocenters. The van der Waals surface area contributed by atoms with Crippen LogP contribution in [0.3, 0.4) is 0 Å². The van der Waals surface area contributed by atoms with Gasteiger partial charge in [-0.05, 0) is 13.8 Å². The number of rotatable bonds is 5. The van der Waals surface area contributed by atoms with E-state index in [-0.39, 0.29) is 13.0 Å². The van der Waals surface area contributed by atoms with Crippen LogP contribution in [-0.4, -0.2) is 42.3 Å². The fraction of sp³-hybridized carbons (Fsp3) is 0.667. The number of ether oxygens (including phenoxy) is 1. The Morgan fingerprint density at radius 1 is 1.31 bits per heavy atom. The molecule has 0 aromatic rings. The highest BCUT2D eigenvalue weighted by Gasteiger charge is 2.23. The lowest BCUT2D eigenvalue weighted by Gasteiger charge is -2.24. The zero-order chi connectivity index (χ0) is 12.8. The largest absolute Gasteiger partial charge is 0.481 e. The number of aliphatic carboxylic acids is 1. The fourth-order valence-electron chi connectivity index (χ4n) is 0.998. The molecule has 3 N–H and O–H groups in total. The molecule has 7 nitrogen and oxygen atoms in total. The first-order chi connectivity index (χ1) is 7.26. The molecule has 0 fully saturated rings. The predicted molar refractivity (Wildman–Crippen MR) is 54.9 cm³/mol. The molecule has 0 aliphatic heterocycles. The molecule has 0 rings (SSSR count). The lowest BCUT2D eigenvalue weighted by atomic mass is 10.0. The zero-order valence-electron chi connectivity index (χ0n) is 9.49. The second-order valence-corrected chi connectivity index (χ2v) is 3.84. The molecule has 0 unspecified atom stereocenters. The monoisotopic (exact) mass is 232 g/mol. The second kappa shape index (κ2) is 5.94. The Balaban J connectivity index is 4.03. The zero-order valence-corrected chi connectivity index (χ0v) is 9.49. The second-order valence-electron chi connectivity index (χ2n) is 3.84. The van der Waals surface area contributed by atoms with Crippen LogP contribution in [0, 0.1) is 0 Å². The van der Waals surface area contributed by atoms with Gasteiger partial charge < -0.3 is 20.5 Å². The van der Waals surface area contributed by atoms with Crippen LogP contribution in [0.15, 0.2) is 0 Å². The van der Waals surface area contributed by atoms with Crippen LogP contribution in [0.1, 0.15) is 20.3 Å². The van der Waals surface area contributed by atoms with E-state index in [1.54, 1.807) is 13.8 Å². The van der Waals surface area contributed by atoms with Crippen LogP contribution in [0.25, 0.3) is 0 Å². The highest BCUT2D eigenvalue weighted by atomic mass is 16.5. The van der Waals surface area contributed by atoms with Crippen molar-refractivity contribution in [1.29, 1.82) is 0 Å². The Morgan fingerprint density at radius 2 is 1.88 bits per heavy atom. The van der Waals surface area contributed by atoms with Crippen LogP contribution >= 0.6 is 0 Å². The SMILES string of the molecule is COC(=O)CNC(=O)NC(C)(C)CC(=O)O. The van der Waals surface area contributed by atoms with Crippen molar-refractivity contribution in [3.63, 3.8) is 0 Å². The van der Waals surface area contributed by atoms with Crippen LogP contribution in [0.2, 0.25) is 0 Å². The molecule has 92 valence electrons. The molecule has 0 saturated carbocycles. The van der Waals surface area contributed by atoms with Gasteiger partial charge >= 0.3 is 18.0 Å². The summed E-state index contributed by atoms with van der Waals surface area (Å²) in [4.78, 5) is 32.4. The van der Waals surface area contributed by atoms with E-state index in [0.29, 0.717) is 0 Å². The van der Waals surface area contributed by atoms with Crippen molar-refractivity contribution < 1.29 is 24.2 Å². The van der Waals surface area contributed by atoms with Gasteiger partial charge in [-0.1, -0.05) is 0 Å². The first-order valence-electron chi connectivity index (χ1n) is 4.61. The Kier molecular flexibility index (Phi) is 5.27. The van der Waals surface area contributed by atoms with Gasteiger partial charge in [-0.15, -0.1) is 0 Å². The Bertz CT molecular complexity index is 288. The summed E-state index contributed by atoms with van der Waals surface area (Å²) < 4.78 is 4.32. The summed E-state index contributed by atoms with van der Waals surface area (Å²) >= 11 is 0. The van der Waals surface area contributed by atoms with E-state index in [2.05, 4.69) is 15.4 Å². The van der Waals surface area contributed by atoms with Crippen molar-refractivity contribution in [2.45, 2.75) is 25.8 Å². The van der Waals surface area contributed by atoms with Crippen molar-refractivity contribution in [2.24, 2.45) is 0 Å². The van der Waals surface area contributed by atoms with Crippen LogP contribution < -0.4 is 10.6 Å². The standard InChI is InChI=1S/C9H16N2O5/c1-9(2,4-6(12)13)11-8(15)10-5-7(14)16-3/h4-5H2,1-3H3,(H,12,13)(H2,10,11,15). The summed E-state index contributed by atoms with van der Waals surface area (Å²) in [5, 5.41) is 13.2. The van der Waals surface area contributed by atoms with Gasteiger partial charge in [0, 0.05) is 5.54 Å². The molecule has 0 radical (unpaired) electrons. The molecule has 0 aliphatic rings. The summed E-state index contributed by atoms with van der Waals surface area (Å²) in [6.45, 7) is 2.88. The van der Waals surface area contributed by atoms with E-state index in [0.717, 1.165) is 0 Å². The molecule has 0 aliphatic carbocycles. The minimum atomic E-state index is -1.02. The molecule has 0 aromatic heterocycles. The smallest absolute Gasteiger partial charge is 0.325 e. The maximum absolute atomic E-state index is 11.2. The number of hydrogen-bond donors (Lipinski definition) is 3. The molecule has 16 heavy (non-hydrogen) atoms. The van der Waals surface area contributed by atoms with Crippen LogP contribution in [0.5, 0.6) is 0 Å². The molecular formula is C9H16N2O5. The number of esters is 1. The average molecular weight is 232 g/mol. The third kappa shape index (κ3) is 6.63. The first-order valence-corrected chi connectivity index (χ1v) is 4.61. The Hall–Kier alpha value is -1.79. The number of amides is 2. The van der Waals surface area contributed by atoms with Crippen molar-refractivity contribution >= 4 is 18.0 Å². The summed E-state index contributed by atoms with van der Waals surface area (Å²) in [5.74, 6) is -1.59. The average Bonchev–Trinajstić information content (AvgIpc) is 2.11. The molecule has 0 bridgehead atoms. The van der Waals surface area contributed by atoms with Crippen LogP contribution in [0.4, 0.5) is 4.79 Å². The van der Waals surface area contributed by atoms with Crippen molar-refractivity contribution in [2.75, 3.05) is 13.7 Å². The highest BCUT2D eigenvalue weighted by molar-refractivity contribution is 5.81. The van der Waals surface area contributed by atoms with Gasteiger partial charge in [0.2, 0.25) is 0 Å². The predicted octanol–water partition coefficient (Wildman–Crippen LogP) is -0.288. The normalized spacial score (nSPS) is 10.4. The minimum absolute atomic E-state index is 0.210. The van der Waals surface area contributed by atoms with Gasteiger partial charge in [0.15, 0.2) is 0 Å². The molecular weight excluding hydrogens is 216 g/mol. The number of hydrogen-bond acceptors (Lipinski definition) is 4. The summed E-state index contributed by atoms with van der Waals surface area (Å²) in [6.07, 6.45) is -0.210. The molecule has 7 heteroatoms. The fourth-order valence-corrected chi connectivity index (χ4v) is 0.998. The van der Waals surface area contributed by atoms with E-state index in [1.807, 2.05) is 0 Å². The topological polar surface area (TPSA) is 105 Å². The van der Waals surface area contributed by atoms with Gasteiger partial charge in [-0.2, -0.15) is 0 Å². The lowest BCUT2D eigenvalue weighted by molar-refractivity contribution is -0.140. The molecule has 0 saturated heterocycles. The Labute approximate surface area is 93.2 Å². The number of carboxylic acids is 1. The van der Waals surface area contributed by atoms with E-state index in [1.165, 1.54) is 7.11 Å². The molecule has 0 spiro atoms. The van der Waals surface area contributed by atoms with E-state index in [9.17, 15) is 14.4 Å². The first kappa shape index (κ1) is 14.2.